The average Bonchev–Trinajstić information content (AvgIpc) is 3.57. The third kappa shape index (κ3) is 4.49. The van der Waals surface area contributed by atoms with E-state index in [1.807, 2.05) is 18.2 Å². The van der Waals surface area contributed by atoms with Crippen molar-refractivity contribution in [3.63, 3.8) is 0 Å². The van der Waals surface area contributed by atoms with Crippen LogP contribution in [0.1, 0.15) is 53.3 Å². The summed E-state index contributed by atoms with van der Waals surface area (Å²) in [6, 6.07) is 5.45. The van der Waals surface area contributed by atoms with Gasteiger partial charge in [0.25, 0.3) is 0 Å². The predicted octanol–water partition coefficient (Wildman–Crippen LogP) is 6.44. The van der Waals surface area contributed by atoms with E-state index in [0.29, 0.717) is 50.1 Å². The summed E-state index contributed by atoms with van der Waals surface area (Å²) < 4.78 is 7.51. The number of benzene rings is 1. The molecule has 6 rings (SSSR count). The summed E-state index contributed by atoms with van der Waals surface area (Å²) in [5.74, 6) is 1.33. The number of piperidine rings is 1. The van der Waals surface area contributed by atoms with Gasteiger partial charge < -0.3 is 19.1 Å². The number of hydrogen-bond acceptors (Lipinski definition) is 6. The van der Waals surface area contributed by atoms with Crippen molar-refractivity contribution >= 4 is 52.2 Å². The Bertz CT molecular complexity index is 1510. The second kappa shape index (κ2) is 9.50. The number of halogens is 2. The summed E-state index contributed by atoms with van der Waals surface area (Å²) in [4.78, 5) is 22.8. The average molecular weight is 538 g/mol. The zero-order valence-electron chi connectivity index (χ0n) is 20.2. The summed E-state index contributed by atoms with van der Waals surface area (Å²) in [6.45, 7) is 1.61. The zero-order chi connectivity index (χ0) is 25.7. The van der Waals surface area contributed by atoms with Gasteiger partial charge in [0.05, 0.1) is 21.0 Å². The van der Waals surface area contributed by atoms with Crippen molar-refractivity contribution in [2.75, 3.05) is 18.0 Å². The Hall–Kier alpha value is -3.36. The van der Waals surface area contributed by atoms with Crippen LogP contribution in [0.3, 0.4) is 0 Å². The lowest BCUT2D eigenvalue weighted by molar-refractivity contribution is 0.0698. The third-order valence-electron chi connectivity index (χ3n) is 7.19. The van der Waals surface area contributed by atoms with Crippen LogP contribution in [0.25, 0.3) is 28.4 Å². The molecule has 0 amide bonds. The zero-order valence-corrected chi connectivity index (χ0v) is 21.7. The Balaban J connectivity index is 1.20. The maximum Gasteiger partial charge on any atom is 0.337 e. The Kier molecular flexibility index (Phi) is 6.16. The molecule has 1 aliphatic carbocycles. The van der Waals surface area contributed by atoms with Gasteiger partial charge in [-0.25, -0.2) is 9.78 Å². The third-order valence-corrected chi connectivity index (χ3v) is 7.82. The van der Waals surface area contributed by atoms with Crippen LogP contribution < -0.4 is 4.90 Å². The van der Waals surface area contributed by atoms with Crippen molar-refractivity contribution in [1.82, 2.24) is 19.7 Å². The summed E-state index contributed by atoms with van der Waals surface area (Å²) in [5.41, 5.74) is 3.19. The lowest BCUT2D eigenvalue weighted by Gasteiger charge is -2.30. The van der Waals surface area contributed by atoms with Crippen LogP contribution in [0.4, 0.5) is 5.95 Å². The molecule has 4 heterocycles. The Morgan fingerprint density at radius 3 is 2.57 bits per heavy atom. The van der Waals surface area contributed by atoms with E-state index < -0.39 is 5.97 Å². The first kappa shape index (κ1) is 24.0. The number of hydrogen-bond donors (Lipinski definition) is 1. The van der Waals surface area contributed by atoms with Gasteiger partial charge in [-0.05, 0) is 43.7 Å². The van der Waals surface area contributed by atoms with Crippen molar-refractivity contribution < 1.29 is 14.4 Å². The van der Waals surface area contributed by atoms with Crippen molar-refractivity contribution in [2.45, 2.75) is 31.6 Å². The molecule has 1 saturated carbocycles. The minimum atomic E-state index is -0.979. The summed E-state index contributed by atoms with van der Waals surface area (Å²) in [7, 11) is 1.80. The van der Waals surface area contributed by atoms with E-state index in [0.717, 1.165) is 50.1 Å². The van der Waals surface area contributed by atoms with Crippen molar-refractivity contribution in [3.05, 3.63) is 63.6 Å². The van der Waals surface area contributed by atoms with E-state index in [4.69, 9.17) is 27.7 Å². The fourth-order valence-corrected chi connectivity index (χ4v) is 5.59. The molecule has 0 atom stereocenters. The number of allylic oxidation sites excluding steroid dienone is 1. The molecular weight excluding hydrogens is 513 g/mol. The summed E-state index contributed by atoms with van der Waals surface area (Å²) in [5, 5.41) is 15.4. The Morgan fingerprint density at radius 1 is 1.16 bits per heavy atom. The first-order valence-corrected chi connectivity index (χ1v) is 13.1. The number of aromatic carboxylic acids is 1. The number of carboxylic acid groups (broad SMARTS) is 1. The molecule has 37 heavy (non-hydrogen) atoms. The highest BCUT2D eigenvalue weighted by atomic mass is 35.5. The number of rotatable bonds is 6. The van der Waals surface area contributed by atoms with Gasteiger partial charge in [-0.15, -0.1) is 0 Å². The maximum absolute atomic E-state index is 11.5. The van der Waals surface area contributed by atoms with Crippen molar-refractivity contribution in [3.8, 4) is 11.3 Å². The molecule has 0 unspecified atom stereocenters. The van der Waals surface area contributed by atoms with Crippen molar-refractivity contribution in [2.24, 2.45) is 13.0 Å². The Morgan fingerprint density at radius 2 is 1.89 bits per heavy atom. The number of fused-ring (bicyclic) bond motifs is 1. The number of anilines is 1. The highest BCUT2D eigenvalue weighted by Crippen LogP contribution is 2.46. The molecule has 1 aromatic carbocycles. The minimum absolute atomic E-state index is 0.213. The van der Waals surface area contributed by atoms with Gasteiger partial charge in [-0.2, -0.15) is 4.98 Å². The van der Waals surface area contributed by atoms with Crippen LogP contribution in [-0.4, -0.2) is 43.9 Å². The highest BCUT2D eigenvalue weighted by Gasteiger charge is 2.33. The summed E-state index contributed by atoms with van der Waals surface area (Å²) >= 11 is 13.0. The Labute approximate surface area is 223 Å². The quantitative estimate of drug-likeness (QED) is 0.302. The van der Waals surface area contributed by atoms with Gasteiger partial charge >= 0.3 is 5.97 Å². The molecule has 2 fully saturated rings. The number of nitrogens with zero attached hydrogens (tertiary/aromatic N) is 5. The molecular formula is C27H25Cl2N5O3. The molecule has 3 aromatic heterocycles. The van der Waals surface area contributed by atoms with E-state index in [1.165, 1.54) is 0 Å². The van der Waals surface area contributed by atoms with Crippen molar-refractivity contribution in [1.29, 1.82) is 0 Å². The SMILES string of the molecule is Cn1cc(C(=O)O)c2cnc(N3CCC(C=Cc4c(-c5c(Cl)cccc5Cl)noc4C4CC4)CC3)nc21. The van der Waals surface area contributed by atoms with Crippen LogP contribution in [0.5, 0.6) is 0 Å². The summed E-state index contributed by atoms with van der Waals surface area (Å²) in [6.07, 6.45) is 11.6. The molecule has 0 bridgehead atoms. The topological polar surface area (TPSA) is 97.3 Å². The van der Waals surface area contributed by atoms with Gasteiger partial charge in [0.1, 0.15) is 17.1 Å². The first-order chi connectivity index (χ1) is 17.9. The standard InChI is InChI=1S/C27H25Cl2N5O3/c1-33-14-19(26(35)36)18-13-30-27(31-25(18)33)34-11-9-15(10-12-34)5-8-17-23(32-37-24(17)16-6-7-16)22-20(28)3-2-4-21(22)29/h2-5,8,13-16H,6-7,9-12H2,1H3,(H,35,36). The van der Waals surface area contributed by atoms with E-state index in [9.17, 15) is 9.90 Å². The van der Waals surface area contributed by atoms with E-state index in [1.54, 1.807) is 24.0 Å². The second-order valence-electron chi connectivity index (χ2n) is 9.73. The molecule has 0 radical (unpaired) electrons. The molecule has 1 N–H and O–H groups in total. The molecule has 190 valence electrons. The maximum atomic E-state index is 11.5. The minimum Gasteiger partial charge on any atom is -0.478 e. The molecule has 2 aliphatic rings. The lowest BCUT2D eigenvalue weighted by atomic mass is 9.94. The normalized spacial score (nSPS) is 16.8. The van der Waals surface area contributed by atoms with Crippen LogP contribution in [0, 0.1) is 5.92 Å². The van der Waals surface area contributed by atoms with Crippen LogP contribution >= 0.6 is 23.2 Å². The fraction of sp³-hybridized carbons (Fsp3) is 0.333. The molecule has 0 spiro atoms. The first-order valence-electron chi connectivity index (χ1n) is 12.3. The molecule has 10 heteroatoms. The van der Waals surface area contributed by atoms with E-state index >= 15 is 0 Å². The number of carbonyl (C=O) groups is 1. The highest BCUT2D eigenvalue weighted by molar-refractivity contribution is 6.39. The molecule has 4 aromatic rings. The lowest BCUT2D eigenvalue weighted by Crippen LogP contribution is -2.34. The van der Waals surface area contributed by atoms with Gasteiger partial charge in [0.15, 0.2) is 0 Å². The molecule has 1 saturated heterocycles. The largest absolute Gasteiger partial charge is 0.478 e. The van der Waals surface area contributed by atoms with Crippen LogP contribution in [-0.2, 0) is 7.05 Å². The van der Waals surface area contributed by atoms with Crippen LogP contribution in [0.15, 0.2) is 41.2 Å². The molecule has 8 nitrogen and oxygen atoms in total. The van der Waals surface area contributed by atoms with E-state index in [2.05, 4.69) is 32.2 Å². The fourth-order valence-electron chi connectivity index (χ4n) is 5.01. The number of aromatic nitrogens is 4. The second-order valence-corrected chi connectivity index (χ2v) is 10.5. The monoisotopic (exact) mass is 537 g/mol. The van der Waals surface area contributed by atoms with Gasteiger partial charge in [-0.3, -0.25) is 0 Å². The van der Waals surface area contributed by atoms with Crippen LogP contribution in [0.2, 0.25) is 10.0 Å². The molecule has 1 aliphatic heterocycles. The van der Waals surface area contributed by atoms with Gasteiger partial charge in [0.2, 0.25) is 5.95 Å². The smallest absolute Gasteiger partial charge is 0.337 e. The number of aryl methyl sites for hydroxylation is 1. The van der Waals surface area contributed by atoms with Gasteiger partial charge in [0, 0.05) is 49.6 Å². The van der Waals surface area contributed by atoms with E-state index in [-0.39, 0.29) is 5.56 Å². The predicted molar refractivity (Wildman–Crippen MR) is 143 cm³/mol. The van der Waals surface area contributed by atoms with Gasteiger partial charge in [-0.1, -0.05) is 46.6 Å². The number of carboxylic acids is 1.